The molecule has 0 aromatic carbocycles. The molecule has 1 aromatic rings. The van der Waals surface area contributed by atoms with Crippen molar-refractivity contribution in [2.24, 2.45) is 11.3 Å². The number of anilines is 1. The number of nitrogens with zero attached hydrogens (tertiary/aromatic N) is 2. The van der Waals surface area contributed by atoms with Gasteiger partial charge in [-0.05, 0) is 49.7 Å². The number of aromatic nitrogens is 1. The maximum Gasteiger partial charge on any atom is 0.254 e. The topological polar surface area (TPSA) is 59.2 Å². The summed E-state index contributed by atoms with van der Waals surface area (Å²) in [5.41, 5.74) is 7.52. The average molecular weight is 289 g/mol. The summed E-state index contributed by atoms with van der Waals surface area (Å²) in [4.78, 5) is 18.8. The first-order valence-electron chi connectivity index (χ1n) is 7.81. The van der Waals surface area contributed by atoms with Crippen LogP contribution in [0.1, 0.15) is 56.1 Å². The second-order valence-electron chi connectivity index (χ2n) is 7.21. The monoisotopic (exact) mass is 289 g/mol. The van der Waals surface area contributed by atoms with Crippen LogP contribution in [0.3, 0.4) is 0 Å². The summed E-state index contributed by atoms with van der Waals surface area (Å²) in [6, 6.07) is 3.51. The molecule has 1 aromatic heterocycles. The van der Waals surface area contributed by atoms with Crippen LogP contribution < -0.4 is 5.73 Å². The van der Waals surface area contributed by atoms with Crippen molar-refractivity contribution in [2.45, 2.75) is 47.0 Å². The van der Waals surface area contributed by atoms with Gasteiger partial charge in [0.15, 0.2) is 0 Å². The lowest BCUT2D eigenvalue weighted by atomic mass is 9.77. The molecule has 116 valence electrons. The molecule has 0 radical (unpaired) electrons. The molecule has 0 saturated carbocycles. The van der Waals surface area contributed by atoms with Gasteiger partial charge >= 0.3 is 0 Å². The highest BCUT2D eigenvalue weighted by Gasteiger charge is 2.28. The van der Waals surface area contributed by atoms with Gasteiger partial charge < -0.3 is 10.6 Å². The summed E-state index contributed by atoms with van der Waals surface area (Å²) < 4.78 is 0. The minimum atomic E-state index is 0.0850. The molecule has 1 unspecified atom stereocenters. The summed E-state index contributed by atoms with van der Waals surface area (Å²) in [5, 5.41) is 0. The minimum Gasteiger partial charge on any atom is -0.384 e. The molecule has 1 amide bonds. The number of hydrogen-bond donors (Lipinski definition) is 1. The quantitative estimate of drug-likeness (QED) is 0.863. The molecular formula is C17H27N3O. The molecule has 21 heavy (non-hydrogen) atoms. The van der Waals surface area contributed by atoms with Crippen LogP contribution in [-0.4, -0.2) is 28.9 Å². The molecular weight excluding hydrogens is 262 g/mol. The van der Waals surface area contributed by atoms with E-state index in [1.807, 2.05) is 17.9 Å². The molecule has 2 N–H and O–H groups in total. The number of nitrogen functional groups attached to an aromatic ring is 1. The molecule has 1 atom stereocenters. The molecule has 0 bridgehead atoms. The van der Waals surface area contributed by atoms with Crippen LogP contribution in [0.5, 0.6) is 0 Å². The van der Waals surface area contributed by atoms with E-state index in [9.17, 15) is 4.79 Å². The maximum atomic E-state index is 12.7. The summed E-state index contributed by atoms with van der Waals surface area (Å²) in [7, 11) is 0. The number of nitrogens with two attached hydrogens (primary N) is 1. The predicted molar refractivity (Wildman–Crippen MR) is 86.1 cm³/mol. The van der Waals surface area contributed by atoms with E-state index in [2.05, 4.69) is 25.8 Å². The summed E-state index contributed by atoms with van der Waals surface area (Å²) in [6.07, 6.45) is 3.35. The predicted octanol–water partition coefficient (Wildman–Crippen LogP) is 3.26. The Kier molecular flexibility index (Phi) is 4.55. The highest BCUT2D eigenvalue weighted by atomic mass is 16.2. The minimum absolute atomic E-state index is 0.0850. The Bertz CT molecular complexity index is 499. The van der Waals surface area contributed by atoms with Crippen molar-refractivity contribution in [1.29, 1.82) is 0 Å². The van der Waals surface area contributed by atoms with Gasteiger partial charge in [-0.3, -0.25) is 4.79 Å². The Morgan fingerprint density at radius 3 is 2.62 bits per heavy atom. The lowest BCUT2D eigenvalue weighted by molar-refractivity contribution is 0.0755. The molecule has 1 aliphatic heterocycles. The second-order valence-corrected chi connectivity index (χ2v) is 7.21. The first-order chi connectivity index (χ1) is 9.77. The van der Waals surface area contributed by atoms with Crippen LogP contribution >= 0.6 is 0 Å². The second kappa shape index (κ2) is 6.04. The van der Waals surface area contributed by atoms with E-state index in [1.54, 1.807) is 6.07 Å². The normalized spacial score (nSPS) is 20.2. The van der Waals surface area contributed by atoms with Crippen LogP contribution in [0.25, 0.3) is 0 Å². The van der Waals surface area contributed by atoms with Gasteiger partial charge in [0.05, 0.1) is 0 Å². The lowest BCUT2D eigenvalue weighted by Gasteiger charge is -2.29. The van der Waals surface area contributed by atoms with Gasteiger partial charge in [-0.15, -0.1) is 0 Å². The van der Waals surface area contributed by atoms with E-state index in [0.717, 1.165) is 31.6 Å². The van der Waals surface area contributed by atoms with Gasteiger partial charge in [-0.2, -0.15) is 0 Å². The molecule has 4 heteroatoms. The van der Waals surface area contributed by atoms with Crippen molar-refractivity contribution in [1.82, 2.24) is 9.88 Å². The van der Waals surface area contributed by atoms with Crippen LogP contribution in [0.2, 0.25) is 0 Å². The molecule has 0 aliphatic carbocycles. The van der Waals surface area contributed by atoms with E-state index in [0.29, 0.717) is 22.7 Å². The van der Waals surface area contributed by atoms with Gasteiger partial charge in [0.25, 0.3) is 5.91 Å². The van der Waals surface area contributed by atoms with E-state index < -0.39 is 0 Å². The lowest BCUT2D eigenvalue weighted by Crippen LogP contribution is -2.32. The first-order valence-corrected chi connectivity index (χ1v) is 7.81. The third-order valence-electron chi connectivity index (χ3n) is 4.46. The zero-order valence-electron chi connectivity index (χ0n) is 13.6. The molecule has 0 spiro atoms. The van der Waals surface area contributed by atoms with E-state index in [1.165, 1.54) is 6.42 Å². The molecule has 1 saturated heterocycles. The van der Waals surface area contributed by atoms with Crippen molar-refractivity contribution in [3.05, 3.63) is 23.4 Å². The largest absolute Gasteiger partial charge is 0.384 e. The van der Waals surface area contributed by atoms with Gasteiger partial charge in [0, 0.05) is 24.3 Å². The Morgan fingerprint density at radius 2 is 2.00 bits per heavy atom. The molecule has 2 heterocycles. The first kappa shape index (κ1) is 15.8. The number of carbonyl (C=O) groups excluding carboxylic acids is 1. The highest BCUT2D eigenvalue weighted by molar-refractivity contribution is 5.95. The van der Waals surface area contributed by atoms with Crippen molar-refractivity contribution < 1.29 is 4.79 Å². The fourth-order valence-electron chi connectivity index (χ4n) is 3.17. The summed E-state index contributed by atoms with van der Waals surface area (Å²) >= 11 is 0. The number of aryl methyl sites for hydroxylation is 1. The Morgan fingerprint density at radius 1 is 1.29 bits per heavy atom. The number of hydrogen-bond acceptors (Lipinski definition) is 3. The summed E-state index contributed by atoms with van der Waals surface area (Å²) in [6.45, 7) is 10.4. The van der Waals surface area contributed by atoms with E-state index in [-0.39, 0.29) is 5.91 Å². The zero-order valence-corrected chi connectivity index (χ0v) is 13.6. The Labute approximate surface area is 127 Å². The van der Waals surface area contributed by atoms with Crippen LogP contribution in [0.15, 0.2) is 12.1 Å². The van der Waals surface area contributed by atoms with Gasteiger partial charge in [0.1, 0.15) is 5.82 Å². The number of amides is 1. The van der Waals surface area contributed by atoms with E-state index in [4.69, 9.17) is 5.73 Å². The maximum absolute atomic E-state index is 12.7. The average Bonchev–Trinajstić information content (AvgIpc) is 2.61. The number of pyridine rings is 1. The van der Waals surface area contributed by atoms with Crippen LogP contribution in [0.4, 0.5) is 5.82 Å². The van der Waals surface area contributed by atoms with Crippen molar-refractivity contribution in [3.8, 4) is 0 Å². The number of likely N-dealkylation sites (tertiary alicyclic amines) is 1. The van der Waals surface area contributed by atoms with Crippen molar-refractivity contribution in [3.63, 3.8) is 0 Å². The van der Waals surface area contributed by atoms with Gasteiger partial charge in [-0.25, -0.2) is 4.98 Å². The third kappa shape index (κ3) is 3.96. The standard InChI is InChI=1S/C17H27N3O/c1-12-10-13(11-15(18)19-12)16(21)20-8-5-6-14(7-9-20)17(2,3)4/h10-11,14H,5-9H2,1-4H3,(H2,18,19). The SMILES string of the molecule is Cc1cc(C(=O)N2CCCC(C(C)(C)C)CC2)cc(N)n1. The smallest absolute Gasteiger partial charge is 0.254 e. The van der Waals surface area contributed by atoms with E-state index >= 15 is 0 Å². The van der Waals surface area contributed by atoms with Crippen molar-refractivity contribution in [2.75, 3.05) is 18.8 Å². The zero-order chi connectivity index (χ0) is 15.6. The number of rotatable bonds is 1. The third-order valence-corrected chi connectivity index (χ3v) is 4.46. The molecule has 1 fully saturated rings. The number of carbonyl (C=O) groups is 1. The van der Waals surface area contributed by atoms with Gasteiger partial charge in [-0.1, -0.05) is 20.8 Å². The Balaban J connectivity index is 2.10. The fourth-order valence-corrected chi connectivity index (χ4v) is 3.17. The van der Waals surface area contributed by atoms with Crippen molar-refractivity contribution >= 4 is 11.7 Å². The van der Waals surface area contributed by atoms with Crippen LogP contribution in [0, 0.1) is 18.3 Å². The molecule has 1 aliphatic rings. The highest BCUT2D eigenvalue weighted by Crippen LogP contribution is 2.34. The molecule has 2 rings (SSSR count). The van der Waals surface area contributed by atoms with Gasteiger partial charge in [0.2, 0.25) is 0 Å². The Hall–Kier alpha value is -1.58. The summed E-state index contributed by atoms with van der Waals surface area (Å²) in [5.74, 6) is 1.18. The fraction of sp³-hybridized carbons (Fsp3) is 0.647. The van der Waals surface area contributed by atoms with Crippen LogP contribution in [-0.2, 0) is 0 Å². The molecule has 4 nitrogen and oxygen atoms in total.